The van der Waals surface area contributed by atoms with Crippen molar-refractivity contribution in [1.29, 1.82) is 0 Å². The molecule has 1 heterocycles. The molecule has 0 radical (unpaired) electrons. The lowest BCUT2D eigenvalue weighted by atomic mass is 9.96. The number of urea groups is 1. The van der Waals surface area contributed by atoms with Crippen molar-refractivity contribution in [2.75, 3.05) is 10.6 Å². The highest BCUT2D eigenvalue weighted by Gasteiger charge is 2.31. The van der Waals surface area contributed by atoms with Gasteiger partial charge in [-0.1, -0.05) is 19.3 Å². The van der Waals surface area contributed by atoms with Gasteiger partial charge in [-0.25, -0.2) is 9.78 Å². The smallest absolute Gasteiger partial charge is 0.406 e. The van der Waals surface area contributed by atoms with Gasteiger partial charge in [0.15, 0.2) is 5.13 Å². The molecule has 3 amide bonds. The molecule has 3 N–H and O–H groups in total. The topological polar surface area (TPSA) is 92.4 Å². The zero-order chi connectivity index (χ0) is 22.3. The second-order valence-electron chi connectivity index (χ2n) is 7.20. The quantitative estimate of drug-likeness (QED) is 0.543. The molecule has 168 valence electrons. The number of benzene rings is 1. The number of amides is 3. The summed E-state index contributed by atoms with van der Waals surface area (Å²) >= 11 is 1.28. The number of hydrogen-bond acceptors (Lipinski definition) is 5. The third-order valence-electron chi connectivity index (χ3n) is 4.69. The van der Waals surface area contributed by atoms with Crippen LogP contribution >= 0.6 is 11.3 Å². The SMILES string of the molecule is O=C(CCc1csc(NC(=O)NC2CCCCC2)n1)Nc1ccc(OC(F)(F)F)cc1. The monoisotopic (exact) mass is 456 g/mol. The molecular weight excluding hydrogens is 433 g/mol. The van der Waals surface area contributed by atoms with Gasteiger partial charge in [0.1, 0.15) is 5.75 Å². The van der Waals surface area contributed by atoms with Gasteiger partial charge < -0.3 is 15.4 Å². The summed E-state index contributed by atoms with van der Waals surface area (Å²) in [6, 6.07) is 4.83. The van der Waals surface area contributed by atoms with Crippen LogP contribution in [0.3, 0.4) is 0 Å². The molecular formula is C20H23F3N4O3S. The van der Waals surface area contributed by atoms with Gasteiger partial charge in [0, 0.05) is 23.5 Å². The molecule has 1 saturated carbocycles. The van der Waals surface area contributed by atoms with E-state index in [0.29, 0.717) is 22.9 Å². The average Bonchev–Trinajstić information content (AvgIpc) is 3.15. The van der Waals surface area contributed by atoms with E-state index in [9.17, 15) is 22.8 Å². The largest absolute Gasteiger partial charge is 0.573 e. The molecule has 1 aromatic carbocycles. The van der Waals surface area contributed by atoms with E-state index < -0.39 is 6.36 Å². The van der Waals surface area contributed by atoms with Gasteiger partial charge >= 0.3 is 12.4 Å². The summed E-state index contributed by atoms with van der Waals surface area (Å²) in [5.41, 5.74) is 1.03. The molecule has 0 unspecified atom stereocenters. The first-order chi connectivity index (χ1) is 14.8. The molecule has 0 saturated heterocycles. The Morgan fingerprint density at radius 3 is 2.48 bits per heavy atom. The molecule has 0 bridgehead atoms. The molecule has 0 spiro atoms. The van der Waals surface area contributed by atoms with Crippen LogP contribution in [-0.4, -0.2) is 29.3 Å². The molecule has 31 heavy (non-hydrogen) atoms. The van der Waals surface area contributed by atoms with E-state index in [0.717, 1.165) is 37.8 Å². The second-order valence-corrected chi connectivity index (χ2v) is 8.06. The van der Waals surface area contributed by atoms with Gasteiger partial charge in [-0.05, 0) is 43.5 Å². The minimum atomic E-state index is -4.76. The lowest BCUT2D eigenvalue weighted by Gasteiger charge is -2.22. The van der Waals surface area contributed by atoms with Gasteiger partial charge in [-0.15, -0.1) is 24.5 Å². The molecule has 0 atom stereocenters. The lowest BCUT2D eigenvalue weighted by Crippen LogP contribution is -2.38. The van der Waals surface area contributed by atoms with Crippen LogP contribution in [0.25, 0.3) is 0 Å². The first-order valence-corrected chi connectivity index (χ1v) is 10.8. The Kier molecular flexibility index (Phi) is 7.72. The number of ether oxygens (including phenoxy) is 1. The Labute approximate surface area is 181 Å². The summed E-state index contributed by atoms with van der Waals surface area (Å²) in [6.45, 7) is 0. The predicted octanol–water partition coefficient (Wildman–Crippen LogP) is 5.07. The van der Waals surface area contributed by atoms with Crippen molar-refractivity contribution in [3.8, 4) is 5.75 Å². The number of carbonyl (C=O) groups is 2. The van der Waals surface area contributed by atoms with Crippen molar-refractivity contribution < 1.29 is 27.5 Å². The number of thiazole rings is 1. The Morgan fingerprint density at radius 1 is 1.10 bits per heavy atom. The molecule has 1 aliphatic rings. The van der Waals surface area contributed by atoms with Crippen LogP contribution in [0.4, 0.5) is 28.8 Å². The molecule has 1 aromatic heterocycles. The van der Waals surface area contributed by atoms with Crippen LogP contribution in [0.15, 0.2) is 29.6 Å². The normalized spacial score (nSPS) is 14.7. The predicted molar refractivity (Wildman–Crippen MR) is 111 cm³/mol. The highest BCUT2D eigenvalue weighted by molar-refractivity contribution is 7.13. The summed E-state index contributed by atoms with van der Waals surface area (Å²) < 4.78 is 40.3. The number of aryl methyl sites for hydroxylation is 1. The number of carbonyl (C=O) groups excluding carboxylic acids is 2. The van der Waals surface area contributed by atoms with Crippen LogP contribution in [0.5, 0.6) is 5.75 Å². The maximum Gasteiger partial charge on any atom is 0.573 e. The Morgan fingerprint density at radius 2 is 1.81 bits per heavy atom. The second kappa shape index (κ2) is 10.5. The van der Waals surface area contributed by atoms with Gasteiger partial charge in [0.2, 0.25) is 5.91 Å². The highest BCUT2D eigenvalue weighted by Crippen LogP contribution is 2.24. The minimum absolute atomic E-state index is 0.137. The number of aromatic nitrogens is 1. The Bertz CT molecular complexity index is 881. The number of rotatable bonds is 7. The fraction of sp³-hybridized carbons (Fsp3) is 0.450. The van der Waals surface area contributed by atoms with Gasteiger partial charge in [0.25, 0.3) is 0 Å². The summed E-state index contributed by atoms with van der Waals surface area (Å²) in [5, 5.41) is 10.5. The van der Waals surface area contributed by atoms with Crippen molar-refractivity contribution in [2.24, 2.45) is 0 Å². The molecule has 11 heteroatoms. The van der Waals surface area contributed by atoms with Gasteiger partial charge in [-0.3, -0.25) is 10.1 Å². The van der Waals surface area contributed by atoms with Gasteiger partial charge in [0.05, 0.1) is 5.69 Å². The van der Waals surface area contributed by atoms with Crippen molar-refractivity contribution >= 4 is 34.1 Å². The highest BCUT2D eigenvalue weighted by atomic mass is 32.1. The summed E-state index contributed by atoms with van der Waals surface area (Å²) in [5.74, 6) is -0.664. The van der Waals surface area contributed by atoms with Crippen LogP contribution in [-0.2, 0) is 11.2 Å². The van der Waals surface area contributed by atoms with Crippen LogP contribution < -0.4 is 20.7 Å². The van der Waals surface area contributed by atoms with E-state index in [1.165, 1.54) is 29.9 Å². The minimum Gasteiger partial charge on any atom is -0.406 e. The molecule has 7 nitrogen and oxygen atoms in total. The van der Waals surface area contributed by atoms with Crippen LogP contribution in [0, 0.1) is 0 Å². The maximum atomic E-state index is 12.2. The molecule has 0 aliphatic heterocycles. The zero-order valence-corrected chi connectivity index (χ0v) is 17.4. The number of nitrogens with zero attached hydrogens (tertiary/aromatic N) is 1. The average molecular weight is 456 g/mol. The number of nitrogens with one attached hydrogen (secondary N) is 3. The summed E-state index contributed by atoms with van der Waals surface area (Å²) in [7, 11) is 0. The third kappa shape index (κ3) is 8.08. The maximum absolute atomic E-state index is 12.2. The Hall–Kier alpha value is -2.82. The number of anilines is 2. The standard InChI is InChI=1S/C20H23F3N4O3S/c21-20(22,23)30-16-9-6-14(7-10-16)24-17(28)11-8-15-12-31-19(26-15)27-18(29)25-13-4-2-1-3-5-13/h6-7,9-10,12-13H,1-5,8,11H2,(H,24,28)(H2,25,26,27,29). The van der Waals surface area contributed by atoms with E-state index in [1.807, 2.05) is 0 Å². The molecule has 2 aromatic rings. The van der Waals surface area contributed by atoms with E-state index in [2.05, 4.69) is 25.7 Å². The van der Waals surface area contributed by atoms with Crippen molar-refractivity contribution in [2.45, 2.75) is 57.3 Å². The fourth-order valence-corrected chi connectivity index (χ4v) is 3.99. The fourth-order valence-electron chi connectivity index (χ4n) is 3.25. The van der Waals surface area contributed by atoms with E-state index in [1.54, 1.807) is 5.38 Å². The number of hydrogen-bond donors (Lipinski definition) is 3. The van der Waals surface area contributed by atoms with Crippen LogP contribution in [0.1, 0.15) is 44.2 Å². The number of alkyl halides is 3. The van der Waals surface area contributed by atoms with Crippen LogP contribution in [0.2, 0.25) is 0 Å². The lowest BCUT2D eigenvalue weighted by molar-refractivity contribution is -0.274. The first kappa shape index (κ1) is 22.9. The summed E-state index contributed by atoms with van der Waals surface area (Å²) in [4.78, 5) is 28.5. The molecule has 3 rings (SSSR count). The van der Waals surface area contributed by atoms with Crippen molar-refractivity contribution in [3.63, 3.8) is 0 Å². The molecule has 1 fully saturated rings. The van der Waals surface area contributed by atoms with E-state index in [4.69, 9.17) is 0 Å². The first-order valence-electron chi connectivity index (χ1n) is 9.94. The van der Waals surface area contributed by atoms with Crippen molar-refractivity contribution in [1.82, 2.24) is 10.3 Å². The third-order valence-corrected chi connectivity index (χ3v) is 5.50. The van der Waals surface area contributed by atoms with Gasteiger partial charge in [-0.2, -0.15) is 0 Å². The number of halogens is 3. The van der Waals surface area contributed by atoms with E-state index >= 15 is 0 Å². The Balaban J connectivity index is 1.40. The summed E-state index contributed by atoms with van der Waals surface area (Å²) in [6.07, 6.45) is 1.18. The molecule has 1 aliphatic carbocycles. The van der Waals surface area contributed by atoms with Crippen molar-refractivity contribution in [3.05, 3.63) is 35.3 Å². The zero-order valence-electron chi connectivity index (χ0n) is 16.6. The van der Waals surface area contributed by atoms with E-state index in [-0.39, 0.29) is 30.2 Å².